The molecule has 0 radical (unpaired) electrons. The van der Waals surface area contributed by atoms with Gasteiger partial charge in [-0.3, -0.25) is 0 Å². The highest BCUT2D eigenvalue weighted by molar-refractivity contribution is 6.08. The van der Waals surface area contributed by atoms with E-state index in [0.29, 0.717) is 0 Å². The van der Waals surface area contributed by atoms with Crippen molar-refractivity contribution in [2.24, 2.45) is 7.05 Å². The molecule has 0 spiro atoms. The number of para-hydroxylation sites is 1. The molecule has 3 aromatic carbocycles. The number of anilines is 1. The smallest absolute Gasteiger partial charge is 0.0486 e. The van der Waals surface area contributed by atoms with Crippen LogP contribution in [0, 0.1) is 6.92 Å². The van der Waals surface area contributed by atoms with Crippen LogP contribution >= 0.6 is 0 Å². The summed E-state index contributed by atoms with van der Waals surface area (Å²) in [5, 5.41) is 7.04. The summed E-state index contributed by atoms with van der Waals surface area (Å²) in [5.74, 6) is 0. The van der Waals surface area contributed by atoms with Gasteiger partial charge in [0, 0.05) is 47.3 Å². The van der Waals surface area contributed by atoms with Crippen molar-refractivity contribution in [3.05, 3.63) is 84.1 Å². The summed E-state index contributed by atoms with van der Waals surface area (Å²) < 4.78 is 2.25. The van der Waals surface area contributed by atoms with Crippen molar-refractivity contribution < 1.29 is 0 Å². The molecule has 0 aliphatic carbocycles. The van der Waals surface area contributed by atoms with E-state index in [9.17, 15) is 0 Å². The highest BCUT2D eigenvalue weighted by Gasteiger charge is 2.17. The fourth-order valence-electron chi connectivity index (χ4n) is 3.84. The third-order valence-corrected chi connectivity index (χ3v) is 5.20. The Morgan fingerprint density at radius 3 is 2.44 bits per heavy atom. The molecule has 0 unspecified atom stereocenters. The van der Waals surface area contributed by atoms with Crippen LogP contribution in [0.4, 0.5) is 5.69 Å². The molecule has 124 valence electrons. The van der Waals surface area contributed by atoms with Crippen LogP contribution in [0.1, 0.15) is 16.8 Å². The average molecular weight is 326 g/mol. The zero-order valence-electron chi connectivity index (χ0n) is 14.9. The molecule has 25 heavy (non-hydrogen) atoms. The number of hydrogen-bond acceptors (Lipinski definition) is 1. The summed E-state index contributed by atoms with van der Waals surface area (Å²) in [6.07, 6.45) is 0. The number of aryl methyl sites for hydroxylation is 1. The molecular weight excluding hydrogens is 304 g/mol. The van der Waals surface area contributed by atoms with Crippen molar-refractivity contribution in [1.82, 2.24) is 4.57 Å². The van der Waals surface area contributed by atoms with E-state index < -0.39 is 0 Å². The molecule has 1 aromatic heterocycles. The molecule has 0 aliphatic heterocycles. The van der Waals surface area contributed by atoms with E-state index >= 15 is 0 Å². The SMILES string of the molecule is C=C(c1c(C)n(C)c2ccccc12)c1cccc2cccc(NC)c12. The molecule has 4 aromatic rings. The van der Waals surface area contributed by atoms with E-state index in [4.69, 9.17) is 0 Å². The Labute approximate surface area is 148 Å². The molecule has 2 heteroatoms. The molecule has 4 rings (SSSR count). The molecule has 0 amide bonds. The molecule has 0 saturated carbocycles. The van der Waals surface area contributed by atoms with Gasteiger partial charge in [-0.2, -0.15) is 0 Å². The topological polar surface area (TPSA) is 17.0 Å². The zero-order valence-corrected chi connectivity index (χ0v) is 14.9. The van der Waals surface area contributed by atoms with E-state index in [-0.39, 0.29) is 0 Å². The van der Waals surface area contributed by atoms with Gasteiger partial charge in [-0.25, -0.2) is 0 Å². The average Bonchev–Trinajstić information content (AvgIpc) is 2.91. The van der Waals surface area contributed by atoms with Gasteiger partial charge in [0.2, 0.25) is 0 Å². The number of fused-ring (bicyclic) bond motifs is 2. The minimum Gasteiger partial charge on any atom is -0.388 e. The molecule has 0 saturated heterocycles. The summed E-state index contributed by atoms with van der Waals surface area (Å²) in [5.41, 5.74) is 7.10. The Balaban J connectivity index is 2.03. The highest BCUT2D eigenvalue weighted by atomic mass is 14.9. The largest absolute Gasteiger partial charge is 0.388 e. The Bertz CT molecular complexity index is 1110. The van der Waals surface area contributed by atoms with Crippen LogP contribution < -0.4 is 5.32 Å². The second-order valence-electron chi connectivity index (χ2n) is 6.47. The Morgan fingerprint density at radius 2 is 1.68 bits per heavy atom. The second kappa shape index (κ2) is 5.82. The molecule has 0 fully saturated rings. The summed E-state index contributed by atoms with van der Waals surface area (Å²) >= 11 is 0. The number of nitrogens with one attached hydrogen (secondary N) is 1. The molecular formula is C23H22N2. The Kier molecular flexibility index (Phi) is 3.61. The normalized spacial score (nSPS) is 11.2. The van der Waals surface area contributed by atoms with E-state index in [2.05, 4.69) is 91.1 Å². The predicted octanol–water partition coefficient (Wildman–Crippen LogP) is 5.74. The first kappa shape index (κ1) is 15.5. The minimum atomic E-state index is 1.07. The van der Waals surface area contributed by atoms with Crippen LogP contribution in [0.15, 0.2) is 67.2 Å². The minimum absolute atomic E-state index is 1.07. The lowest BCUT2D eigenvalue weighted by atomic mass is 9.92. The quantitative estimate of drug-likeness (QED) is 0.508. The second-order valence-corrected chi connectivity index (χ2v) is 6.47. The Morgan fingerprint density at radius 1 is 0.960 bits per heavy atom. The first-order chi connectivity index (χ1) is 12.1. The number of aromatic nitrogens is 1. The number of rotatable bonds is 3. The van der Waals surface area contributed by atoms with Gasteiger partial charge in [0.1, 0.15) is 0 Å². The van der Waals surface area contributed by atoms with Crippen LogP contribution in [0.5, 0.6) is 0 Å². The van der Waals surface area contributed by atoms with E-state index in [1.165, 1.54) is 38.5 Å². The standard InChI is InChI=1S/C23H22N2/c1-15(22-16(2)25(4)21-14-6-5-11-19(21)22)18-12-7-9-17-10-8-13-20(24-3)23(17)18/h5-14,24H,1H2,2-4H3. The lowest BCUT2D eigenvalue weighted by Gasteiger charge is -2.14. The van der Waals surface area contributed by atoms with Gasteiger partial charge in [-0.1, -0.05) is 55.1 Å². The highest BCUT2D eigenvalue weighted by Crippen LogP contribution is 2.38. The van der Waals surface area contributed by atoms with Crippen molar-refractivity contribution >= 4 is 32.9 Å². The molecule has 2 nitrogen and oxygen atoms in total. The monoisotopic (exact) mass is 326 g/mol. The third-order valence-electron chi connectivity index (χ3n) is 5.20. The van der Waals surface area contributed by atoms with Crippen LogP contribution in [-0.4, -0.2) is 11.6 Å². The fraction of sp³-hybridized carbons (Fsp3) is 0.130. The predicted molar refractivity (Wildman–Crippen MR) is 109 cm³/mol. The molecule has 0 atom stereocenters. The number of hydrogen-bond donors (Lipinski definition) is 1. The third kappa shape index (κ3) is 2.25. The maximum Gasteiger partial charge on any atom is 0.0486 e. The Hall–Kier alpha value is -3.00. The van der Waals surface area contributed by atoms with Crippen molar-refractivity contribution in [1.29, 1.82) is 0 Å². The van der Waals surface area contributed by atoms with Crippen LogP contribution in [0.3, 0.4) is 0 Å². The van der Waals surface area contributed by atoms with Crippen LogP contribution in [0.2, 0.25) is 0 Å². The van der Waals surface area contributed by atoms with Gasteiger partial charge in [0.25, 0.3) is 0 Å². The van der Waals surface area contributed by atoms with Crippen LogP contribution in [0.25, 0.3) is 27.2 Å². The maximum atomic E-state index is 4.50. The van der Waals surface area contributed by atoms with Crippen molar-refractivity contribution in [2.45, 2.75) is 6.92 Å². The molecule has 1 heterocycles. The van der Waals surface area contributed by atoms with Gasteiger partial charge in [0.15, 0.2) is 0 Å². The number of nitrogens with zero attached hydrogens (tertiary/aromatic N) is 1. The summed E-state index contributed by atoms with van der Waals surface area (Å²) in [6, 6.07) is 21.3. The molecule has 0 aliphatic rings. The van der Waals surface area contributed by atoms with Gasteiger partial charge in [-0.05, 0) is 35.6 Å². The fourth-order valence-corrected chi connectivity index (χ4v) is 3.84. The first-order valence-electron chi connectivity index (χ1n) is 8.56. The molecule has 0 bridgehead atoms. The van der Waals surface area contributed by atoms with Gasteiger partial charge >= 0.3 is 0 Å². The zero-order chi connectivity index (χ0) is 17.6. The van der Waals surface area contributed by atoms with Gasteiger partial charge in [-0.15, -0.1) is 0 Å². The van der Waals surface area contributed by atoms with Crippen LogP contribution in [-0.2, 0) is 7.05 Å². The summed E-state index contributed by atoms with van der Waals surface area (Å²) in [7, 11) is 4.09. The van der Waals surface area contributed by atoms with Crippen molar-refractivity contribution in [3.63, 3.8) is 0 Å². The maximum absolute atomic E-state index is 4.50. The molecule has 1 N–H and O–H groups in total. The lowest BCUT2D eigenvalue weighted by molar-refractivity contribution is 0.915. The lowest BCUT2D eigenvalue weighted by Crippen LogP contribution is -1.96. The van der Waals surface area contributed by atoms with Crippen molar-refractivity contribution in [2.75, 3.05) is 12.4 Å². The van der Waals surface area contributed by atoms with Crippen molar-refractivity contribution in [3.8, 4) is 0 Å². The van der Waals surface area contributed by atoms with Gasteiger partial charge in [0.05, 0.1) is 0 Å². The summed E-state index contributed by atoms with van der Waals surface area (Å²) in [6.45, 7) is 6.68. The van der Waals surface area contributed by atoms with Gasteiger partial charge < -0.3 is 9.88 Å². The summed E-state index contributed by atoms with van der Waals surface area (Å²) in [4.78, 5) is 0. The van der Waals surface area contributed by atoms with E-state index in [0.717, 1.165) is 11.3 Å². The number of benzene rings is 3. The van der Waals surface area contributed by atoms with E-state index in [1.807, 2.05) is 7.05 Å². The first-order valence-corrected chi connectivity index (χ1v) is 8.56. The van der Waals surface area contributed by atoms with E-state index in [1.54, 1.807) is 0 Å².